The van der Waals surface area contributed by atoms with Gasteiger partial charge >= 0.3 is 11.9 Å². The van der Waals surface area contributed by atoms with Crippen molar-refractivity contribution in [2.75, 3.05) is 39.0 Å². The highest BCUT2D eigenvalue weighted by Crippen LogP contribution is 2.38. The van der Waals surface area contributed by atoms with Gasteiger partial charge in [-0.25, -0.2) is 13.2 Å². The van der Waals surface area contributed by atoms with Crippen LogP contribution in [0.4, 0.5) is 13.2 Å². The number of piperazine rings is 1. The van der Waals surface area contributed by atoms with Crippen molar-refractivity contribution in [3.8, 4) is 0 Å². The zero-order chi connectivity index (χ0) is 28.0. The van der Waals surface area contributed by atoms with E-state index >= 15 is 0 Å². The van der Waals surface area contributed by atoms with E-state index in [0.29, 0.717) is 36.8 Å². The molecule has 1 N–H and O–H groups in total. The number of sulfone groups is 1. The second kappa shape index (κ2) is 10.6. The molecule has 0 amide bonds. The van der Waals surface area contributed by atoms with Crippen molar-refractivity contribution in [3.63, 3.8) is 0 Å². The molecule has 0 atom stereocenters. The molecule has 0 aliphatic carbocycles. The maximum Gasteiger partial charge on any atom is 0.416 e. The molecule has 2 aromatic carbocycles. The number of halogens is 5. The minimum atomic E-state index is -4.82. The number of hydrogen-bond donors (Lipinski definition) is 1. The summed E-state index contributed by atoms with van der Waals surface area (Å²) in [5.74, 6) is -0.245. The number of H-pyrrole nitrogens is 1. The molecule has 0 bridgehead atoms. The SMILES string of the molecule is CCS(=O)(=O)c1ccc(Cl)cc1Cn1c(=O)[nH]c2c(Cl)c(CN3CCN(C)CC3)c(C(F)(F)F)cc2c1=O. The summed E-state index contributed by atoms with van der Waals surface area (Å²) in [4.78, 5) is 32.5. The highest BCUT2D eigenvalue weighted by molar-refractivity contribution is 7.91. The van der Waals surface area contributed by atoms with Crippen molar-refractivity contribution in [1.29, 1.82) is 0 Å². The summed E-state index contributed by atoms with van der Waals surface area (Å²) < 4.78 is 68.2. The van der Waals surface area contributed by atoms with E-state index in [2.05, 4.69) is 9.88 Å². The second-order valence-corrected chi connectivity index (χ2v) is 12.3. The minimum Gasteiger partial charge on any atom is -0.305 e. The summed E-state index contributed by atoms with van der Waals surface area (Å²) in [6, 6.07) is 4.62. The van der Waals surface area contributed by atoms with Gasteiger partial charge in [0.25, 0.3) is 5.56 Å². The zero-order valence-corrected chi connectivity index (χ0v) is 22.9. The van der Waals surface area contributed by atoms with Gasteiger partial charge in [0, 0.05) is 37.7 Å². The van der Waals surface area contributed by atoms with Gasteiger partial charge in [0.1, 0.15) is 0 Å². The average molecular weight is 593 g/mol. The Kier molecular flexibility index (Phi) is 8.02. The molecule has 8 nitrogen and oxygen atoms in total. The molecule has 0 saturated carbocycles. The van der Waals surface area contributed by atoms with E-state index in [9.17, 15) is 31.2 Å². The Bertz CT molecular complexity index is 1610. The molecule has 2 heterocycles. The van der Waals surface area contributed by atoms with E-state index in [4.69, 9.17) is 23.2 Å². The molecule has 4 rings (SSSR count). The molecule has 14 heteroatoms. The fraction of sp³-hybridized carbons (Fsp3) is 0.417. The number of benzene rings is 2. The van der Waals surface area contributed by atoms with Crippen molar-refractivity contribution in [1.82, 2.24) is 19.4 Å². The van der Waals surface area contributed by atoms with Crippen molar-refractivity contribution in [2.24, 2.45) is 0 Å². The number of hydrogen-bond acceptors (Lipinski definition) is 6. The maximum absolute atomic E-state index is 14.2. The number of aromatic nitrogens is 2. The molecular weight excluding hydrogens is 568 g/mol. The van der Waals surface area contributed by atoms with Crippen molar-refractivity contribution < 1.29 is 21.6 Å². The lowest BCUT2D eigenvalue weighted by Gasteiger charge is -2.33. The Hall–Kier alpha value is -2.38. The molecule has 1 saturated heterocycles. The number of likely N-dealkylation sites (N-methyl/N-ethyl adjacent to an activating group) is 1. The monoisotopic (exact) mass is 592 g/mol. The number of alkyl halides is 3. The number of nitrogens with one attached hydrogen (secondary N) is 1. The van der Waals surface area contributed by atoms with Crippen LogP contribution in [0.15, 0.2) is 38.8 Å². The van der Waals surface area contributed by atoms with Crippen LogP contribution in [0, 0.1) is 0 Å². The van der Waals surface area contributed by atoms with Crippen molar-refractivity contribution in [2.45, 2.75) is 31.1 Å². The first-order chi connectivity index (χ1) is 17.7. The quantitative estimate of drug-likeness (QED) is 0.470. The number of rotatable bonds is 6. The summed E-state index contributed by atoms with van der Waals surface area (Å²) in [6.45, 7) is 3.21. The van der Waals surface area contributed by atoms with Crippen LogP contribution < -0.4 is 11.2 Å². The molecule has 1 fully saturated rings. The van der Waals surface area contributed by atoms with Gasteiger partial charge in [0.05, 0.1) is 38.7 Å². The Labute approximate surface area is 226 Å². The van der Waals surface area contributed by atoms with Gasteiger partial charge in [-0.3, -0.25) is 14.3 Å². The number of fused-ring (bicyclic) bond motifs is 1. The first kappa shape index (κ1) is 28.6. The fourth-order valence-corrected chi connectivity index (χ4v) is 6.09. The van der Waals surface area contributed by atoms with E-state index in [0.717, 1.165) is 0 Å². The first-order valence-corrected chi connectivity index (χ1v) is 14.1. The molecule has 3 aromatic rings. The molecule has 0 radical (unpaired) electrons. The smallest absolute Gasteiger partial charge is 0.305 e. The van der Waals surface area contributed by atoms with Crippen molar-refractivity contribution >= 4 is 43.9 Å². The largest absolute Gasteiger partial charge is 0.416 e. The van der Waals surface area contributed by atoms with Crippen molar-refractivity contribution in [3.05, 3.63) is 71.8 Å². The lowest BCUT2D eigenvalue weighted by Crippen LogP contribution is -2.44. The van der Waals surface area contributed by atoms with E-state index < -0.39 is 44.8 Å². The van der Waals surface area contributed by atoms with Crippen LogP contribution >= 0.6 is 23.2 Å². The number of nitrogens with zero attached hydrogens (tertiary/aromatic N) is 3. The van der Waals surface area contributed by atoms with Gasteiger partial charge in [-0.2, -0.15) is 13.2 Å². The van der Waals surface area contributed by atoms with E-state index in [-0.39, 0.29) is 43.9 Å². The Morgan fingerprint density at radius 3 is 2.29 bits per heavy atom. The van der Waals surface area contributed by atoms with Gasteiger partial charge in [0.2, 0.25) is 0 Å². The van der Waals surface area contributed by atoms with Crippen LogP contribution in [-0.4, -0.2) is 66.7 Å². The summed E-state index contributed by atoms with van der Waals surface area (Å²) in [5, 5.41) is -0.630. The van der Waals surface area contributed by atoms with Crippen LogP contribution in [0.2, 0.25) is 10.0 Å². The molecule has 1 aliphatic rings. The summed E-state index contributed by atoms with van der Waals surface area (Å²) >= 11 is 12.5. The molecule has 0 spiro atoms. The number of aromatic amines is 1. The fourth-order valence-electron chi connectivity index (χ4n) is 4.48. The predicted octanol–water partition coefficient (Wildman–Crippen LogP) is 3.60. The first-order valence-electron chi connectivity index (χ1n) is 11.7. The summed E-state index contributed by atoms with van der Waals surface area (Å²) in [5.41, 5.74) is -3.43. The third-order valence-corrected chi connectivity index (χ3v) is 9.15. The normalized spacial score (nSPS) is 15.9. The Morgan fingerprint density at radius 2 is 1.68 bits per heavy atom. The minimum absolute atomic E-state index is 0.0557. The summed E-state index contributed by atoms with van der Waals surface area (Å²) in [7, 11) is -1.84. The third-order valence-electron chi connectivity index (χ3n) is 6.67. The second-order valence-electron chi connectivity index (χ2n) is 9.19. The van der Waals surface area contributed by atoms with Gasteiger partial charge in [-0.05, 0) is 42.4 Å². The molecule has 206 valence electrons. The van der Waals surface area contributed by atoms with Gasteiger partial charge in [-0.1, -0.05) is 30.1 Å². The van der Waals surface area contributed by atoms with Crippen LogP contribution in [-0.2, 0) is 29.1 Å². The zero-order valence-electron chi connectivity index (χ0n) is 20.5. The van der Waals surface area contributed by atoms with Crippen LogP contribution in [0.5, 0.6) is 0 Å². The van der Waals surface area contributed by atoms with Gasteiger partial charge in [-0.15, -0.1) is 0 Å². The molecular formula is C24H25Cl2F3N4O4S. The predicted molar refractivity (Wildman–Crippen MR) is 140 cm³/mol. The van der Waals surface area contributed by atoms with Gasteiger partial charge in [0.15, 0.2) is 9.84 Å². The van der Waals surface area contributed by atoms with Gasteiger partial charge < -0.3 is 9.88 Å². The Balaban J connectivity index is 1.88. The lowest BCUT2D eigenvalue weighted by molar-refractivity contribution is -0.138. The third kappa shape index (κ3) is 5.64. The van der Waals surface area contributed by atoms with E-state index in [1.807, 2.05) is 11.9 Å². The van der Waals surface area contributed by atoms with Crippen LogP contribution in [0.3, 0.4) is 0 Å². The average Bonchev–Trinajstić information content (AvgIpc) is 2.84. The summed E-state index contributed by atoms with van der Waals surface area (Å²) in [6.07, 6.45) is -4.82. The standard InChI is InChI=1S/C24H25Cl2F3N4O4S/c1-3-38(36,37)19-5-4-15(25)10-14(19)12-33-22(34)16-11-18(24(27,28)29)17(20(26)21(16)30-23(33)35)13-32-8-6-31(2)7-9-32/h4-5,10-11H,3,6-9,12-13H2,1-2H3,(H,30,35). The molecule has 0 unspecified atom stereocenters. The van der Waals surface area contributed by atoms with E-state index in [1.54, 1.807) is 0 Å². The topological polar surface area (TPSA) is 95.5 Å². The van der Waals surface area contributed by atoms with Crippen LogP contribution in [0.1, 0.15) is 23.6 Å². The lowest BCUT2D eigenvalue weighted by atomic mass is 10.0. The Morgan fingerprint density at radius 1 is 1.03 bits per heavy atom. The maximum atomic E-state index is 14.2. The van der Waals surface area contributed by atoms with Crippen LogP contribution in [0.25, 0.3) is 10.9 Å². The molecule has 1 aromatic heterocycles. The highest BCUT2D eigenvalue weighted by Gasteiger charge is 2.36. The molecule has 1 aliphatic heterocycles. The van der Waals surface area contributed by atoms with E-state index in [1.165, 1.54) is 25.1 Å². The molecule has 38 heavy (non-hydrogen) atoms. The highest BCUT2D eigenvalue weighted by atomic mass is 35.5.